The molecule has 1 aliphatic heterocycles. The smallest absolute Gasteiger partial charge is 0.274 e. The van der Waals surface area contributed by atoms with Gasteiger partial charge in [-0.1, -0.05) is 0 Å². The fraction of sp³-hybridized carbons (Fsp3) is 0.583. The van der Waals surface area contributed by atoms with E-state index in [0.717, 1.165) is 12.8 Å². The Morgan fingerprint density at radius 2 is 2.17 bits per heavy atom. The van der Waals surface area contributed by atoms with Crippen LogP contribution in [0.2, 0.25) is 0 Å². The van der Waals surface area contributed by atoms with E-state index in [0.29, 0.717) is 30.5 Å². The molecule has 6 heteroatoms. The van der Waals surface area contributed by atoms with Gasteiger partial charge in [-0.3, -0.25) is 4.79 Å². The van der Waals surface area contributed by atoms with Crippen LogP contribution in [0.5, 0.6) is 0 Å². The first-order valence-electron chi connectivity index (χ1n) is 6.21. The Kier molecular flexibility index (Phi) is 2.66. The van der Waals surface area contributed by atoms with Gasteiger partial charge in [-0.15, -0.1) is 10.2 Å². The highest BCUT2D eigenvalue weighted by Gasteiger charge is 2.43. The Labute approximate surface area is 105 Å². The first-order valence-corrected chi connectivity index (χ1v) is 6.21. The van der Waals surface area contributed by atoms with Crippen molar-refractivity contribution >= 4 is 11.7 Å². The molecule has 18 heavy (non-hydrogen) atoms. The van der Waals surface area contributed by atoms with Gasteiger partial charge in [-0.25, -0.2) is 0 Å². The molecule has 3 N–H and O–H groups in total. The molecular weight excluding hydrogens is 232 g/mol. The van der Waals surface area contributed by atoms with Crippen LogP contribution in [0.3, 0.4) is 0 Å². The van der Waals surface area contributed by atoms with E-state index in [1.165, 1.54) is 0 Å². The number of nitrogen functional groups attached to an aromatic ring is 1. The number of likely N-dealkylation sites (tertiary alicyclic amines) is 1. The van der Waals surface area contributed by atoms with Crippen molar-refractivity contribution in [3.05, 3.63) is 17.8 Å². The minimum absolute atomic E-state index is 0.121. The van der Waals surface area contributed by atoms with E-state index < -0.39 is 0 Å². The van der Waals surface area contributed by atoms with Crippen molar-refractivity contribution in [2.45, 2.75) is 18.9 Å². The normalized spacial score (nSPS) is 30.5. The van der Waals surface area contributed by atoms with Crippen molar-refractivity contribution in [2.24, 2.45) is 11.8 Å². The zero-order chi connectivity index (χ0) is 12.7. The number of aliphatic hydroxyl groups excluding tert-OH is 1. The highest BCUT2D eigenvalue weighted by molar-refractivity contribution is 5.92. The van der Waals surface area contributed by atoms with Gasteiger partial charge in [-0.2, -0.15) is 0 Å². The number of carbonyl (C=O) groups is 1. The molecule has 1 aliphatic carbocycles. The monoisotopic (exact) mass is 248 g/mol. The summed E-state index contributed by atoms with van der Waals surface area (Å²) in [5.41, 5.74) is 5.76. The van der Waals surface area contributed by atoms with Crippen molar-refractivity contribution in [3.8, 4) is 0 Å². The van der Waals surface area contributed by atoms with Crippen molar-refractivity contribution in [2.75, 3.05) is 18.8 Å². The standard InChI is InChI=1S/C12H16N4O2/c13-11-4-2-9(14-15-11)12(18)16-5-7-1-3-10(17)8(7)6-16/h2,4,7-8,10,17H,1,3,5-6H2,(H2,13,15). The van der Waals surface area contributed by atoms with Crippen LogP contribution in [0.15, 0.2) is 12.1 Å². The summed E-state index contributed by atoms with van der Waals surface area (Å²) in [5.74, 6) is 0.853. The second-order valence-electron chi connectivity index (χ2n) is 5.12. The SMILES string of the molecule is Nc1ccc(C(=O)N2CC3CCC(O)C3C2)nn1. The van der Waals surface area contributed by atoms with E-state index in [-0.39, 0.29) is 17.9 Å². The summed E-state index contributed by atoms with van der Waals surface area (Å²) in [7, 11) is 0. The Morgan fingerprint density at radius 1 is 1.33 bits per heavy atom. The number of aromatic nitrogens is 2. The molecule has 3 unspecified atom stereocenters. The molecule has 0 radical (unpaired) electrons. The van der Waals surface area contributed by atoms with Gasteiger partial charge in [0.25, 0.3) is 5.91 Å². The van der Waals surface area contributed by atoms with Gasteiger partial charge in [0.15, 0.2) is 5.69 Å². The third kappa shape index (κ3) is 1.82. The van der Waals surface area contributed by atoms with Crippen molar-refractivity contribution in [1.29, 1.82) is 0 Å². The average Bonchev–Trinajstić information content (AvgIpc) is 2.92. The lowest BCUT2D eigenvalue weighted by molar-refractivity contribution is 0.0745. The maximum absolute atomic E-state index is 12.2. The molecule has 2 aliphatic rings. The van der Waals surface area contributed by atoms with Crippen LogP contribution in [0.4, 0.5) is 5.82 Å². The van der Waals surface area contributed by atoms with Gasteiger partial charge >= 0.3 is 0 Å². The number of nitrogens with zero attached hydrogens (tertiary/aromatic N) is 3. The van der Waals surface area contributed by atoms with Gasteiger partial charge < -0.3 is 15.7 Å². The van der Waals surface area contributed by atoms with Crippen LogP contribution in [0.1, 0.15) is 23.3 Å². The predicted octanol–water partition coefficient (Wildman–Crippen LogP) is -0.0983. The van der Waals surface area contributed by atoms with Gasteiger partial charge in [0.1, 0.15) is 5.82 Å². The van der Waals surface area contributed by atoms with E-state index in [1.807, 2.05) is 0 Å². The summed E-state index contributed by atoms with van der Waals surface area (Å²) in [6, 6.07) is 3.17. The quantitative estimate of drug-likeness (QED) is 0.724. The number of fused-ring (bicyclic) bond motifs is 1. The highest BCUT2D eigenvalue weighted by Crippen LogP contribution is 2.38. The molecule has 0 spiro atoms. The lowest BCUT2D eigenvalue weighted by Gasteiger charge is -2.17. The number of hydrogen-bond donors (Lipinski definition) is 2. The minimum atomic E-state index is -0.259. The van der Waals surface area contributed by atoms with Gasteiger partial charge in [0, 0.05) is 19.0 Å². The Morgan fingerprint density at radius 3 is 2.83 bits per heavy atom. The number of rotatable bonds is 1. The molecule has 3 atom stereocenters. The number of aliphatic hydroxyl groups is 1. The van der Waals surface area contributed by atoms with E-state index in [4.69, 9.17) is 5.73 Å². The van der Waals surface area contributed by atoms with Crippen molar-refractivity contribution in [3.63, 3.8) is 0 Å². The van der Waals surface area contributed by atoms with Crippen LogP contribution >= 0.6 is 0 Å². The molecule has 0 aromatic carbocycles. The van der Waals surface area contributed by atoms with Gasteiger partial charge in [-0.05, 0) is 30.9 Å². The van der Waals surface area contributed by atoms with Crippen molar-refractivity contribution < 1.29 is 9.90 Å². The maximum Gasteiger partial charge on any atom is 0.274 e. The molecule has 6 nitrogen and oxygen atoms in total. The summed E-state index contributed by atoms with van der Waals surface area (Å²) in [5, 5.41) is 17.3. The average molecular weight is 248 g/mol. The van der Waals surface area contributed by atoms with E-state index in [1.54, 1.807) is 17.0 Å². The number of anilines is 1. The molecule has 1 amide bonds. The third-order valence-corrected chi connectivity index (χ3v) is 4.01. The first kappa shape index (κ1) is 11.4. The topological polar surface area (TPSA) is 92.3 Å². The van der Waals surface area contributed by atoms with E-state index >= 15 is 0 Å². The Bertz CT molecular complexity index is 462. The summed E-state index contributed by atoms with van der Waals surface area (Å²) in [6.07, 6.45) is 1.60. The number of hydrogen-bond acceptors (Lipinski definition) is 5. The van der Waals surface area contributed by atoms with E-state index in [9.17, 15) is 9.90 Å². The second-order valence-corrected chi connectivity index (χ2v) is 5.12. The highest BCUT2D eigenvalue weighted by atomic mass is 16.3. The molecule has 2 heterocycles. The van der Waals surface area contributed by atoms with Crippen LogP contribution in [0.25, 0.3) is 0 Å². The second kappa shape index (κ2) is 4.20. The number of amides is 1. The van der Waals surface area contributed by atoms with Crippen LogP contribution in [-0.4, -0.2) is 45.3 Å². The summed E-state index contributed by atoms with van der Waals surface area (Å²) in [6.45, 7) is 1.34. The molecule has 1 aromatic heterocycles. The molecule has 1 aromatic rings. The zero-order valence-corrected chi connectivity index (χ0v) is 9.99. The number of carbonyl (C=O) groups excluding carboxylic acids is 1. The molecule has 3 rings (SSSR count). The van der Waals surface area contributed by atoms with E-state index in [2.05, 4.69) is 10.2 Å². The summed E-state index contributed by atoms with van der Waals surface area (Å²) >= 11 is 0. The lowest BCUT2D eigenvalue weighted by Crippen LogP contribution is -2.31. The van der Waals surface area contributed by atoms with Gasteiger partial charge in [0.2, 0.25) is 0 Å². The number of nitrogens with two attached hydrogens (primary N) is 1. The fourth-order valence-electron chi connectivity index (χ4n) is 3.02. The van der Waals surface area contributed by atoms with Crippen molar-refractivity contribution in [1.82, 2.24) is 15.1 Å². The predicted molar refractivity (Wildman–Crippen MR) is 64.6 cm³/mol. The largest absolute Gasteiger partial charge is 0.393 e. The third-order valence-electron chi connectivity index (χ3n) is 4.01. The first-order chi connectivity index (χ1) is 8.65. The molecule has 0 bridgehead atoms. The summed E-state index contributed by atoms with van der Waals surface area (Å²) < 4.78 is 0. The molecule has 1 saturated carbocycles. The fourth-order valence-corrected chi connectivity index (χ4v) is 3.02. The van der Waals surface area contributed by atoms with Crippen LogP contribution in [0, 0.1) is 11.8 Å². The lowest BCUT2D eigenvalue weighted by atomic mass is 10.00. The van der Waals surface area contributed by atoms with Crippen LogP contribution < -0.4 is 5.73 Å². The maximum atomic E-state index is 12.2. The zero-order valence-electron chi connectivity index (χ0n) is 9.99. The minimum Gasteiger partial charge on any atom is -0.393 e. The van der Waals surface area contributed by atoms with Crippen LogP contribution in [-0.2, 0) is 0 Å². The molecule has 96 valence electrons. The Balaban J connectivity index is 1.73. The van der Waals surface area contributed by atoms with Gasteiger partial charge in [0.05, 0.1) is 6.10 Å². The molecular formula is C12H16N4O2. The summed E-state index contributed by atoms with van der Waals surface area (Å²) in [4.78, 5) is 14.0. The molecule has 2 fully saturated rings. The Hall–Kier alpha value is -1.69. The molecule has 1 saturated heterocycles.